The van der Waals surface area contributed by atoms with Gasteiger partial charge in [-0.3, -0.25) is 0 Å². The Morgan fingerprint density at radius 1 is 1.24 bits per heavy atom. The average Bonchev–Trinajstić information content (AvgIpc) is 2.89. The van der Waals surface area contributed by atoms with Crippen LogP contribution >= 0.6 is 0 Å². The van der Waals surface area contributed by atoms with Crippen molar-refractivity contribution >= 4 is 22.8 Å². The lowest BCUT2D eigenvalue weighted by Crippen LogP contribution is -2.37. The minimum atomic E-state index is 0.742. The molecule has 0 aliphatic carbocycles. The molecule has 0 radical (unpaired) electrons. The molecule has 0 amide bonds. The summed E-state index contributed by atoms with van der Waals surface area (Å²) in [5, 5.41) is 1.10. The van der Waals surface area contributed by atoms with Crippen LogP contribution < -0.4 is 9.80 Å². The van der Waals surface area contributed by atoms with Gasteiger partial charge in [0, 0.05) is 31.9 Å². The molecule has 3 heterocycles. The molecule has 1 aliphatic rings. The highest BCUT2D eigenvalue weighted by Crippen LogP contribution is 2.27. The van der Waals surface area contributed by atoms with E-state index in [-0.39, 0.29) is 0 Å². The molecule has 0 unspecified atom stereocenters. The second-order valence-corrected chi connectivity index (χ2v) is 5.33. The lowest BCUT2D eigenvalue weighted by atomic mass is 10.3. The summed E-state index contributed by atoms with van der Waals surface area (Å²) in [5.74, 6) is 1.82. The van der Waals surface area contributed by atoms with E-state index in [2.05, 4.69) is 41.6 Å². The summed E-state index contributed by atoms with van der Waals surface area (Å²) >= 11 is 0. The zero-order chi connectivity index (χ0) is 14.8. The number of H-pyrrole nitrogens is 1. The standard InChI is InChI=1S/C15H23N5O/c1-4-19(5-2)14-12-10-11(3)16-13(12)17-15(18-14)20-6-8-21-9-7-20/h10H,4-9H2,1-3H3,(H,16,17,18). The lowest BCUT2D eigenvalue weighted by Gasteiger charge is -2.28. The Bertz CT molecular complexity index is 614. The maximum absolute atomic E-state index is 5.42. The van der Waals surface area contributed by atoms with Gasteiger partial charge in [-0.2, -0.15) is 9.97 Å². The topological polar surface area (TPSA) is 57.3 Å². The summed E-state index contributed by atoms with van der Waals surface area (Å²) in [6.07, 6.45) is 0. The van der Waals surface area contributed by atoms with Gasteiger partial charge in [0.25, 0.3) is 0 Å². The first kappa shape index (κ1) is 14.1. The molecule has 0 aromatic carbocycles. The number of aryl methyl sites for hydroxylation is 1. The molecule has 0 bridgehead atoms. The Hall–Kier alpha value is -1.82. The molecule has 6 nitrogen and oxygen atoms in total. The van der Waals surface area contributed by atoms with Crippen LogP contribution in [0.15, 0.2) is 6.07 Å². The second-order valence-electron chi connectivity index (χ2n) is 5.33. The maximum Gasteiger partial charge on any atom is 0.229 e. The maximum atomic E-state index is 5.42. The molecule has 114 valence electrons. The van der Waals surface area contributed by atoms with Gasteiger partial charge in [0.1, 0.15) is 11.5 Å². The number of rotatable bonds is 4. The van der Waals surface area contributed by atoms with E-state index in [1.54, 1.807) is 0 Å². The third-order valence-corrected chi connectivity index (χ3v) is 3.95. The summed E-state index contributed by atoms with van der Waals surface area (Å²) in [7, 11) is 0. The van der Waals surface area contributed by atoms with E-state index >= 15 is 0 Å². The van der Waals surface area contributed by atoms with E-state index in [1.807, 2.05) is 0 Å². The third kappa shape index (κ3) is 2.68. The van der Waals surface area contributed by atoms with Crippen molar-refractivity contribution in [2.24, 2.45) is 0 Å². The molecular formula is C15H23N5O. The van der Waals surface area contributed by atoms with Crippen molar-refractivity contribution in [2.75, 3.05) is 49.2 Å². The molecule has 3 rings (SSSR count). The lowest BCUT2D eigenvalue weighted by molar-refractivity contribution is 0.122. The summed E-state index contributed by atoms with van der Waals surface area (Å²) in [6, 6.07) is 2.13. The minimum absolute atomic E-state index is 0.742. The van der Waals surface area contributed by atoms with Crippen LogP contribution in [0.3, 0.4) is 0 Å². The zero-order valence-electron chi connectivity index (χ0n) is 13.0. The number of hydrogen-bond acceptors (Lipinski definition) is 5. The number of hydrogen-bond donors (Lipinski definition) is 1. The van der Waals surface area contributed by atoms with Crippen molar-refractivity contribution in [1.82, 2.24) is 15.0 Å². The van der Waals surface area contributed by atoms with Crippen molar-refractivity contribution < 1.29 is 4.74 Å². The summed E-state index contributed by atoms with van der Waals surface area (Å²) < 4.78 is 5.42. The normalized spacial score (nSPS) is 15.7. The number of morpholine rings is 1. The summed E-state index contributed by atoms with van der Waals surface area (Å²) in [6.45, 7) is 11.4. The third-order valence-electron chi connectivity index (χ3n) is 3.95. The number of fused-ring (bicyclic) bond motifs is 1. The summed E-state index contributed by atoms with van der Waals surface area (Å²) in [5.41, 5.74) is 2.04. The monoisotopic (exact) mass is 289 g/mol. The first-order valence-electron chi connectivity index (χ1n) is 7.68. The first-order valence-corrected chi connectivity index (χ1v) is 7.68. The fourth-order valence-electron chi connectivity index (χ4n) is 2.78. The molecule has 1 N–H and O–H groups in total. The van der Waals surface area contributed by atoms with Gasteiger partial charge in [0.2, 0.25) is 5.95 Å². The highest BCUT2D eigenvalue weighted by atomic mass is 16.5. The Labute approximate surface area is 125 Å². The molecule has 0 saturated carbocycles. The molecule has 1 aliphatic heterocycles. The van der Waals surface area contributed by atoms with Crippen molar-refractivity contribution in [3.05, 3.63) is 11.8 Å². The van der Waals surface area contributed by atoms with Crippen LogP contribution in [0.1, 0.15) is 19.5 Å². The molecule has 0 atom stereocenters. The predicted octanol–water partition coefficient (Wildman–Crippen LogP) is 1.95. The van der Waals surface area contributed by atoms with Crippen molar-refractivity contribution in [3.63, 3.8) is 0 Å². The van der Waals surface area contributed by atoms with Crippen LogP contribution in [0.2, 0.25) is 0 Å². The van der Waals surface area contributed by atoms with Gasteiger partial charge in [0.15, 0.2) is 0 Å². The van der Waals surface area contributed by atoms with Crippen molar-refractivity contribution in [2.45, 2.75) is 20.8 Å². The van der Waals surface area contributed by atoms with Crippen LogP contribution in [-0.2, 0) is 4.74 Å². The molecule has 6 heteroatoms. The molecule has 1 fully saturated rings. The van der Waals surface area contributed by atoms with Gasteiger partial charge in [-0.15, -0.1) is 0 Å². The fraction of sp³-hybridized carbons (Fsp3) is 0.600. The Morgan fingerprint density at radius 2 is 1.95 bits per heavy atom. The van der Waals surface area contributed by atoms with Gasteiger partial charge in [0.05, 0.1) is 18.6 Å². The van der Waals surface area contributed by atoms with Gasteiger partial charge in [-0.05, 0) is 26.8 Å². The number of nitrogens with zero attached hydrogens (tertiary/aromatic N) is 4. The SMILES string of the molecule is CCN(CC)c1nc(N2CCOCC2)nc2[nH]c(C)cc12. The van der Waals surface area contributed by atoms with Gasteiger partial charge in [-0.1, -0.05) is 0 Å². The van der Waals surface area contributed by atoms with E-state index in [4.69, 9.17) is 14.7 Å². The van der Waals surface area contributed by atoms with E-state index in [0.717, 1.165) is 67.9 Å². The van der Waals surface area contributed by atoms with Gasteiger partial charge < -0.3 is 19.5 Å². The Morgan fingerprint density at radius 3 is 2.62 bits per heavy atom. The number of aromatic amines is 1. The number of nitrogens with one attached hydrogen (secondary N) is 1. The quantitative estimate of drug-likeness (QED) is 0.932. The van der Waals surface area contributed by atoms with Crippen LogP contribution in [-0.4, -0.2) is 54.3 Å². The molecule has 2 aromatic rings. The first-order chi connectivity index (χ1) is 10.2. The average molecular weight is 289 g/mol. The van der Waals surface area contributed by atoms with Crippen LogP contribution in [0.5, 0.6) is 0 Å². The van der Waals surface area contributed by atoms with Gasteiger partial charge >= 0.3 is 0 Å². The zero-order valence-corrected chi connectivity index (χ0v) is 13.0. The largest absolute Gasteiger partial charge is 0.378 e. The second kappa shape index (κ2) is 5.89. The number of ether oxygens (including phenoxy) is 1. The Kier molecular flexibility index (Phi) is 3.96. The molecular weight excluding hydrogens is 266 g/mol. The fourth-order valence-corrected chi connectivity index (χ4v) is 2.78. The van der Waals surface area contributed by atoms with Crippen molar-refractivity contribution in [1.29, 1.82) is 0 Å². The van der Waals surface area contributed by atoms with E-state index in [1.165, 1.54) is 0 Å². The molecule has 1 saturated heterocycles. The summed E-state index contributed by atoms with van der Waals surface area (Å²) in [4.78, 5) is 17.4. The smallest absolute Gasteiger partial charge is 0.229 e. The highest BCUT2D eigenvalue weighted by Gasteiger charge is 2.19. The van der Waals surface area contributed by atoms with Crippen molar-refractivity contribution in [3.8, 4) is 0 Å². The molecule has 21 heavy (non-hydrogen) atoms. The van der Waals surface area contributed by atoms with E-state index in [0.29, 0.717) is 0 Å². The number of aromatic nitrogens is 3. The molecule has 0 spiro atoms. The van der Waals surface area contributed by atoms with Crippen LogP contribution in [0.4, 0.5) is 11.8 Å². The predicted molar refractivity (Wildman–Crippen MR) is 85.2 cm³/mol. The van der Waals surface area contributed by atoms with E-state index < -0.39 is 0 Å². The van der Waals surface area contributed by atoms with Crippen LogP contribution in [0.25, 0.3) is 11.0 Å². The van der Waals surface area contributed by atoms with E-state index in [9.17, 15) is 0 Å². The van der Waals surface area contributed by atoms with Crippen LogP contribution in [0, 0.1) is 6.92 Å². The minimum Gasteiger partial charge on any atom is -0.378 e. The van der Waals surface area contributed by atoms with Gasteiger partial charge in [-0.25, -0.2) is 0 Å². The highest BCUT2D eigenvalue weighted by molar-refractivity contribution is 5.89. The molecule has 2 aromatic heterocycles. The Balaban J connectivity index is 2.09. The number of anilines is 2.